The second-order valence-electron chi connectivity index (χ2n) is 10.3. The third-order valence-electron chi connectivity index (χ3n) is 8.32. The van der Waals surface area contributed by atoms with Gasteiger partial charge < -0.3 is 15.0 Å². The molecule has 4 heterocycles. The van der Waals surface area contributed by atoms with E-state index in [1.807, 2.05) is 18.2 Å². The van der Waals surface area contributed by atoms with Gasteiger partial charge in [-0.15, -0.1) is 0 Å². The van der Waals surface area contributed by atoms with Crippen LogP contribution in [0.5, 0.6) is 5.75 Å². The van der Waals surface area contributed by atoms with Gasteiger partial charge in [0.1, 0.15) is 5.75 Å². The monoisotopic (exact) mass is 435 g/mol. The first kappa shape index (κ1) is 20.3. The van der Waals surface area contributed by atoms with Crippen LogP contribution < -0.4 is 10.1 Å². The zero-order chi connectivity index (χ0) is 21.7. The maximum Gasteiger partial charge on any atom is 0.261 e. The Bertz CT molecular complexity index is 958. The number of carbonyl (C=O) groups excluding carboxylic acids is 2. The van der Waals surface area contributed by atoms with Crippen LogP contribution in [0.2, 0.25) is 0 Å². The predicted molar refractivity (Wildman–Crippen MR) is 123 cm³/mol. The van der Waals surface area contributed by atoms with Crippen LogP contribution in [0.3, 0.4) is 0 Å². The molecular weight excluding hydrogens is 402 g/mol. The average Bonchev–Trinajstić information content (AvgIpc) is 2.82. The van der Waals surface area contributed by atoms with Crippen molar-refractivity contribution in [3.05, 3.63) is 35.4 Å². The molecule has 170 valence electrons. The Morgan fingerprint density at radius 2 is 2.06 bits per heavy atom. The van der Waals surface area contributed by atoms with E-state index in [1.54, 1.807) is 0 Å². The molecule has 6 heteroatoms. The van der Waals surface area contributed by atoms with Gasteiger partial charge in [-0.1, -0.05) is 24.1 Å². The number of benzene rings is 1. The van der Waals surface area contributed by atoms with Crippen LogP contribution in [0.15, 0.2) is 29.8 Å². The smallest absolute Gasteiger partial charge is 0.261 e. The molecule has 1 aromatic carbocycles. The van der Waals surface area contributed by atoms with Crippen molar-refractivity contribution in [1.82, 2.24) is 9.80 Å². The van der Waals surface area contributed by atoms with E-state index in [-0.39, 0.29) is 24.5 Å². The Morgan fingerprint density at radius 1 is 1.12 bits per heavy atom. The summed E-state index contributed by atoms with van der Waals surface area (Å²) in [6.45, 7) is 3.24. The minimum atomic E-state index is 0.0392. The Labute approximate surface area is 190 Å². The summed E-state index contributed by atoms with van der Waals surface area (Å²) in [6, 6.07) is 6.74. The zero-order valence-electron chi connectivity index (χ0n) is 18.7. The molecule has 6 nitrogen and oxygen atoms in total. The van der Waals surface area contributed by atoms with E-state index in [0.29, 0.717) is 24.0 Å². The molecule has 0 aromatic heterocycles. The molecule has 0 radical (unpaired) electrons. The standard InChI is InChI=1S/C26H33N3O3/c30-24-9-7-17-6-8-21(14-22(17)27-24)32-16-25(31)29-11-3-4-18-12-19-13-20(26(18)29)15-28-10-2-1-5-23(19)28/h6,8,12,14,19-20,23,26H,1-5,7,9-11,13,15-16H2,(H,27,30)/t19?,20?,23-,26-/m1/s1. The van der Waals surface area contributed by atoms with Crippen LogP contribution in [-0.4, -0.2) is 59.9 Å². The molecule has 0 saturated carbocycles. The van der Waals surface area contributed by atoms with E-state index < -0.39 is 0 Å². The number of nitrogens with zero attached hydrogens (tertiary/aromatic N) is 2. The number of piperidine rings is 3. The van der Waals surface area contributed by atoms with Crippen molar-refractivity contribution in [2.45, 2.75) is 63.5 Å². The van der Waals surface area contributed by atoms with Gasteiger partial charge in [-0.25, -0.2) is 0 Å². The van der Waals surface area contributed by atoms with Crippen LogP contribution in [-0.2, 0) is 16.0 Å². The first-order chi connectivity index (χ1) is 15.7. The maximum atomic E-state index is 13.3. The van der Waals surface area contributed by atoms with E-state index in [9.17, 15) is 9.59 Å². The summed E-state index contributed by atoms with van der Waals surface area (Å²) in [5.74, 6) is 2.00. The SMILES string of the molecule is O=C1CCc2ccc(OCC(=O)N3CCCC4=CC5CC(CN6CCCC[C@H]56)[C@@H]43)cc2N1. The van der Waals surface area contributed by atoms with Crippen molar-refractivity contribution in [3.63, 3.8) is 0 Å². The third kappa shape index (κ3) is 3.62. The molecule has 3 fully saturated rings. The molecule has 3 saturated heterocycles. The maximum absolute atomic E-state index is 13.3. The highest BCUT2D eigenvalue weighted by atomic mass is 16.5. The largest absolute Gasteiger partial charge is 0.484 e. The number of aryl methyl sites for hydroxylation is 1. The van der Waals surface area contributed by atoms with Gasteiger partial charge in [-0.05, 0) is 68.5 Å². The number of ether oxygens (including phenoxy) is 1. The molecule has 1 aliphatic carbocycles. The molecule has 2 amide bonds. The summed E-state index contributed by atoms with van der Waals surface area (Å²) >= 11 is 0. The molecule has 0 spiro atoms. The number of anilines is 1. The fraction of sp³-hybridized carbons (Fsp3) is 0.615. The Balaban J connectivity index is 1.16. The third-order valence-corrected chi connectivity index (χ3v) is 8.32. The Morgan fingerprint density at radius 3 is 3.00 bits per heavy atom. The number of fused-ring (bicyclic) bond motifs is 7. The highest BCUT2D eigenvalue weighted by molar-refractivity contribution is 5.94. The quantitative estimate of drug-likeness (QED) is 0.740. The van der Waals surface area contributed by atoms with Crippen molar-refractivity contribution in [3.8, 4) is 5.75 Å². The summed E-state index contributed by atoms with van der Waals surface area (Å²) in [4.78, 5) is 29.8. The Kier molecular flexibility index (Phi) is 5.21. The molecule has 2 unspecified atom stereocenters. The van der Waals surface area contributed by atoms with E-state index in [0.717, 1.165) is 49.6 Å². The second kappa shape index (κ2) is 8.22. The number of amides is 2. The van der Waals surface area contributed by atoms with E-state index in [4.69, 9.17) is 4.74 Å². The summed E-state index contributed by atoms with van der Waals surface area (Å²) in [6.07, 6.45) is 11.3. The lowest BCUT2D eigenvalue weighted by molar-refractivity contribution is -0.138. The highest BCUT2D eigenvalue weighted by Gasteiger charge is 2.46. The molecule has 4 atom stereocenters. The first-order valence-corrected chi connectivity index (χ1v) is 12.5. The van der Waals surface area contributed by atoms with Gasteiger partial charge in [0.15, 0.2) is 6.61 Å². The van der Waals surface area contributed by atoms with Gasteiger partial charge in [0.25, 0.3) is 5.91 Å². The number of carbonyl (C=O) groups is 2. The number of rotatable bonds is 3. The second-order valence-corrected chi connectivity index (χ2v) is 10.3. The number of hydrogen-bond donors (Lipinski definition) is 1. The molecular formula is C26H33N3O3. The van der Waals surface area contributed by atoms with Gasteiger partial charge in [-0.3, -0.25) is 14.5 Å². The molecule has 4 aliphatic heterocycles. The fourth-order valence-electron chi connectivity index (χ4n) is 6.92. The van der Waals surface area contributed by atoms with Crippen LogP contribution in [0.4, 0.5) is 5.69 Å². The van der Waals surface area contributed by atoms with Gasteiger partial charge >= 0.3 is 0 Å². The van der Waals surface area contributed by atoms with Gasteiger partial charge in [0.05, 0.1) is 6.04 Å². The Hall–Kier alpha value is -2.34. The predicted octanol–water partition coefficient (Wildman–Crippen LogP) is 3.37. The van der Waals surface area contributed by atoms with Crippen LogP contribution >= 0.6 is 0 Å². The summed E-state index contributed by atoms with van der Waals surface area (Å²) in [5, 5.41) is 2.91. The molecule has 2 bridgehead atoms. The number of likely N-dealkylation sites (tertiary alicyclic amines) is 1. The van der Waals surface area contributed by atoms with Crippen molar-refractivity contribution >= 4 is 17.5 Å². The normalized spacial score (nSPS) is 31.6. The fourth-order valence-corrected chi connectivity index (χ4v) is 6.92. The van der Waals surface area contributed by atoms with Crippen LogP contribution in [0.25, 0.3) is 0 Å². The van der Waals surface area contributed by atoms with Crippen molar-refractivity contribution in [2.75, 3.05) is 31.6 Å². The van der Waals surface area contributed by atoms with Crippen LogP contribution in [0.1, 0.15) is 50.5 Å². The number of hydrogen-bond acceptors (Lipinski definition) is 4. The van der Waals surface area contributed by atoms with Crippen LogP contribution in [0, 0.1) is 11.8 Å². The number of nitrogens with one attached hydrogen (secondary N) is 1. The lowest BCUT2D eigenvalue weighted by Gasteiger charge is -2.54. The van der Waals surface area contributed by atoms with E-state index >= 15 is 0 Å². The molecule has 32 heavy (non-hydrogen) atoms. The lowest BCUT2D eigenvalue weighted by atomic mass is 9.68. The summed E-state index contributed by atoms with van der Waals surface area (Å²) in [5.41, 5.74) is 3.44. The summed E-state index contributed by atoms with van der Waals surface area (Å²) < 4.78 is 5.92. The zero-order valence-corrected chi connectivity index (χ0v) is 18.7. The summed E-state index contributed by atoms with van der Waals surface area (Å²) in [7, 11) is 0. The van der Waals surface area contributed by atoms with Crippen molar-refractivity contribution in [1.29, 1.82) is 0 Å². The van der Waals surface area contributed by atoms with Crippen molar-refractivity contribution < 1.29 is 14.3 Å². The minimum absolute atomic E-state index is 0.0392. The van der Waals surface area contributed by atoms with Gasteiger partial charge in [0.2, 0.25) is 5.91 Å². The van der Waals surface area contributed by atoms with Crippen molar-refractivity contribution in [2.24, 2.45) is 11.8 Å². The first-order valence-electron chi connectivity index (χ1n) is 12.5. The molecule has 6 rings (SSSR count). The molecule has 1 aromatic rings. The van der Waals surface area contributed by atoms with E-state index in [1.165, 1.54) is 37.8 Å². The van der Waals surface area contributed by atoms with E-state index in [2.05, 4.69) is 21.2 Å². The minimum Gasteiger partial charge on any atom is -0.484 e. The lowest BCUT2D eigenvalue weighted by Crippen LogP contribution is -2.60. The van der Waals surface area contributed by atoms with Gasteiger partial charge in [0, 0.05) is 37.3 Å². The highest BCUT2D eigenvalue weighted by Crippen LogP contribution is 2.45. The molecule has 5 aliphatic rings. The average molecular weight is 436 g/mol. The van der Waals surface area contributed by atoms with Gasteiger partial charge in [-0.2, -0.15) is 0 Å². The topological polar surface area (TPSA) is 61.9 Å². The molecule has 1 N–H and O–H groups in total.